The lowest BCUT2D eigenvalue weighted by molar-refractivity contribution is -0.141. The highest BCUT2D eigenvalue weighted by molar-refractivity contribution is 6.30. The van der Waals surface area contributed by atoms with Crippen molar-refractivity contribution < 1.29 is 9.59 Å². The van der Waals surface area contributed by atoms with Crippen molar-refractivity contribution in [2.75, 3.05) is 52.9 Å². The van der Waals surface area contributed by atoms with E-state index in [4.69, 9.17) is 17.3 Å². The maximum Gasteiger partial charge on any atom is 0.245 e. The van der Waals surface area contributed by atoms with Gasteiger partial charge in [-0.15, -0.1) is 0 Å². The van der Waals surface area contributed by atoms with Crippen molar-refractivity contribution in [3.63, 3.8) is 0 Å². The van der Waals surface area contributed by atoms with E-state index in [1.54, 1.807) is 26.0 Å². The van der Waals surface area contributed by atoms with Gasteiger partial charge in [0.2, 0.25) is 11.8 Å². The highest BCUT2D eigenvalue weighted by atomic mass is 35.5. The Balaban J connectivity index is 1.67. The topological polar surface area (TPSA) is 85.1 Å². The zero-order valence-corrected chi connectivity index (χ0v) is 23.4. The largest absolute Gasteiger partial charge is 0.342 e. The maximum absolute atomic E-state index is 13.6. The van der Waals surface area contributed by atoms with Crippen molar-refractivity contribution in [2.24, 2.45) is 11.7 Å². The van der Waals surface area contributed by atoms with E-state index < -0.39 is 11.6 Å². The number of nitrogens with zero attached hydrogens (tertiary/aromatic N) is 4. The number of hydrazine groups is 1. The number of carbonyl (C=O) groups is 2. The molecular formula is C27H45ClN6O2. The third-order valence-electron chi connectivity index (χ3n) is 7.13. The van der Waals surface area contributed by atoms with Crippen molar-refractivity contribution >= 4 is 23.4 Å². The molecule has 2 amide bonds. The summed E-state index contributed by atoms with van der Waals surface area (Å²) in [6.07, 6.45) is 2.25. The second-order valence-electron chi connectivity index (χ2n) is 11.4. The number of hydrogen-bond donors (Lipinski definition) is 2. The summed E-state index contributed by atoms with van der Waals surface area (Å²) in [5, 5.41) is 8.66. The molecule has 0 spiro atoms. The molecule has 2 aliphatic heterocycles. The van der Waals surface area contributed by atoms with Gasteiger partial charge in [-0.05, 0) is 57.4 Å². The SMILES string of the molecule is CC(C)CN(C1CCN(C(=O)[C@@H](Cc2ccc(Cl)cc2)NC(=O)C(C)(C)N)CC1)N1CCN(C)CC1. The Morgan fingerprint density at radius 3 is 2.19 bits per heavy atom. The molecule has 3 rings (SSSR count). The Hall–Kier alpha value is -1.71. The smallest absolute Gasteiger partial charge is 0.245 e. The van der Waals surface area contributed by atoms with E-state index in [1.807, 2.05) is 17.0 Å². The molecule has 0 radical (unpaired) electrons. The van der Waals surface area contributed by atoms with Crippen molar-refractivity contribution in [1.82, 2.24) is 25.1 Å². The van der Waals surface area contributed by atoms with Gasteiger partial charge < -0.3 is 20.9 Å². The number of likely N-dealkylation sites (N-methyl/N-ethyl adjacent to an activating group) is 1. The van der Waals surface area contributed by atoms with E-state index in [-0.39, 0.29) is 11.8 Å². The molecule has 9 heteroatoms. The van der Waals surface area contributed by atoms with Crippen LogP contribution in [0, 0.1) is 5.92 Å². The predicted octanol–water partition coefficient (Wildman–Crippen LogP) is 2.22. The van der Waals surface area contributed by atoms with Crippen molar-refractivity contribution in [2.45, 2.75) is 64.6 Å². The van der Waals surface area contributed by atoms with Crippen LogP contribution in [0.15, 0.2) is 24.3 Å². The second kappa shape index (κ2) is 12.7. The number of likely N-dealkylation sites (tertiary alicyclic amines) is 1. The quantitative estimate of drug-likeness (QED) is 0.519. The summed E-state index contributed by atoms with van der Waals surface area (Å²) in [4.78, 5) is 30.6. The van der Waals surface area contributed by atoms with Crippen molar-refractivity contribution in [3.8, 4) is 0 Å². The van der Waals surface area contributed by atoms with E-state index in [0.29, 0.717) is 36.5 Å². The summed E-state index contributed by atoms with van der Waals surface area (Å²) in [6.45, 7) is 14.5. The average molecular weight is 521 g/mol. The average Bonchev–Trinajstić information content (AvgIpc) is 2.83. The minimum atomic E-state index is -1.06. The van der Waals surface area contributed by atoms with Gasteiger partial charge in [0, 0.05) is 63.3 Å². The third kappa shape index (κ3) is 8.15. The first-order valence-corrected chi connectivity index (χ1v) is 13.6. The lowest BCUT2D eigenvalue weighted by Crippen LogP contribution is -2.60. The summed E-state index contributed by atoms with van der Waals surface area (Å²) in [5.74, 6) is 0.196. The molecule has 0 unspecified atom stereocenters. The Kier molecular flexibility index (Phi) is 10.2. The Labute approximate surface area is 222 Å². The van der Waals surface area contributed by atoms with Gasteiger partial charge in [-0.25, -0.2) is 10.0 Å². The molecule has 1 aromatic rings. The summed E-state index contributed by atoms with van der Waals surface area (Å²) in [5.41, 5.74) is 5.90. The zero-order valence-electron chi connectivity index (χ0n) is 22.7. The monoisotopic (exact) mass is 520 g/mol. The number of piperidine rings is 1. The predicted molar refractivity (Wildman–Crippen MR) is 146 cm³/mol. The fourth-order valence-electron chi connectivity index (χ4n) is 4.93. The zero-order chi connectivity index (χ0) is 26.5. The Bertz CT molecular complexity index is 856. The number of hydrogen-bond acceptors (Lipinski definition) is 6. The third-order valence-corrected chi connectivity index (χ3v) is 7.39. The van der Waals surface area contributed by atoms with Gasteiger partial charge in [-0.3, -0.25) is 9.59 Å². The van der Waals surface area contributed by atoms with Crippen molar-refractivity contribution in [3.05, 3.63) is 34.9 Å². The van der Waals surface area contributed by atoms with Crippen LogP contribution in [0.25, 0.3) is 0 Å². The summed E-state index contributed by atoms with van der Waals surface area (Å²) >= 11 is 6.04. The molecule has 8 nitrogen and oxygen atoms in total. The van der Waals surface area contributed by atoms with Gasteiger partial charge in [0.05, 0.1) is 5.54 Å². The lowest BCUT2D eigenvalue weighted by atomic mass is 9.99. The van der Waals surface area contributed by atoms with Gasteiger partial charge in [0.25, 0.3) is 0 Å². The van der Waals surface area contributed by atoms with Gasteiger partial charge in [-0.1, -0.05) is 37.6 Å². The minimum Gasteiger partial charge on any atom is -0.342 e. The normalized spacial score (nSPS) is 19.6. The number of rotatable bonds is 9. The van der Waals surface area contributed by atoms with Crippen molar-refractivity contribution in [1.29, 1.82) is 0 Å². The summed E-state index contributed by atoms with van der Waals surface area (Å²) in [7, 11) is 2.18. The first kappa shape index (κ1) is 28.9. The fourth-order valence-corrected chi connectivity index (χ4v) is 5.05. The molecule has 0 saturated carbocycles. The van der Waals surface area contributed by atoms with E-state index >= 15 is 0 Å². The molecule has 3 N–H and O–H groups in total. The first-order valence-electron chi connectivity index (χ1n) is 13.3. The summed E-state index contributed by atoms with van der Waals surface area (Å²) < 4.78 is 0. The van der Waals surface area contributed by atoms with E-state index in [1.165, 1.54) is 0 Å². The molecule has 2 aliphatic rings. The van der Waals surface area contributed by atoms with Crippen LogP contribution in [0.3, 0.4) is 0 Å². The van der Waals surface area contributed by atoms with Crippen LogP contribution in [-0.4, -0.2) is 102 Å². The molecule has 2 heterocycles. The van der Waals surface area contributed by atoms with Crippen LogP contribution in [0.1, 0.15) is 46.1 Å². The van der Waals surface area contributed by atoms with E-state index in [9.17, 15) is 9.59 Å². The molecule has 202 valence electrons. The molecular weight excluding hydrogens is 476 g/mol. The van der Waals surface area contributed by atoms with Crippen LogP contribution in [0.4, 0.5) is 0 Å². The molecule has 1 aromatic carbocycles. The van der Waals surface area contributed by atoms with E-state index in [0.717, 1.165) is 51.1 Å². The van der Waals surface area contributed by atoms with Crippen LogP contribution >= 0.6 is 11.6 Å². The molecule has 36 heavy (non-hydrogen) atoms. The Morgan fingerprint density at radius 2 is 1.67 bits per heavy atom. The molecule has 2 saturated heterocycles. The Morgan fingerprint density at radius 1 is 1.08 bits per heavy atom. The maximum atomic E-state index is 13.6. The van der Waals surface area contributed by atoms with Gasteiger partial charge >= 0.3 is 0 Å². The number of amides is 2. The molecule has 1 atom stereocenters. The molecule has 0 aliphatic carbocycles. The number of halogens is 1. The van der Waals surface area contributed by atoms with Gasteiger partial charge in [-0.2, -0.15) is 0 Å². The number of nitrogens with one attached hydrogen (secondary N) is 1. The van der Waals surface area contributed by atoms with Crippen LogP contribution in [-0.2, 0) is 16.0 Å². The first-order chi connectivity index (χ1) is 16.9. The van der Waals surface area contributed by atoms with Crippen LogP contribution < -0.4 is 11.1 Å². The minimum absolute atomic E-state index is 0.0454. The highest BCUT2D eigenvalue weighted by Gasteiger charge is 2.35. The van der Waals surface area contributed by atoms with E-state index in [2.05, 4.69) is 41.1 Å². The second-order valence-corrected chi connectivity index (χ2v) is 11.8. The number of benzene rings is 1. The number of carbonyl (C=O) groups excluding carboxylic acids is 2. The molecule has 0 bridgehead atoms. The van der Waals surface area contributed by atoms with Crippen LogP contribution in [0.2, 0.25) is 5.02 Å². The summed E-state index contributed by atoms with van der Waals surface area (Å²) in [6, 6.07) is 7.17. The van der Waals surface area contributed by atoms with Gasteiger partial charge in [0.15, 0.2) is 0 Å². The van der Waals surface area contributed by atoms with Gasteiger partial charge in [0.1, 0.15) is 6.04 Å². The number of nitrogens with two attached hydrogens (primary N) is 1. The lowest BCUT2D eigenvalue weighted by Gasteiger charge is -2.47. The van der Waals surface area contributed by atoms with Crippen LogP contribution in [0.5, 0.6) is 0 Å². The molecule has 0 aromatic heterocycles. The number of piperazine rings is 1. The highest BCUT2D eigenvalue weighted by Crippen LogP contribution is 2.22. The fraction of sp³-hybridized carbons (Fsp3) is 0.704. The molecule has 2 fully saturated rings. The standard InChI is InChI=1S/C27H45ClN6O2/c1-20(2)19-34(33-16-14-31(5)15-17-33)23-10-12-32(13-11-23)25(35)24(30-26(36)27(3,4)29)18-21-6-8-22(28)9-7-21/h6-9,20,23-24H,10-19,29H2,1-5H3,(H,30,36)/t24-/m1/s1.